The summed E-state index contributed by atoms with van der Waals surface area (Å²) in [6, 6.07) is 5.19. The van der Waals surface area contributed by atoms with Gasteiger partial charge in [-0.3, -0.25) is 0 Å². The molecule has 1 aromatic rings. The Bertz CT molecular complexity index is 332. The Morgan fingerprint density at radius 2 is 1.80 bits per heavy atom. The minimum atomic E-state index is -2.88. The van der Waals surface area contributed by atoms with Gasteiger partial charge in [0.05, 0.1) is 0 Å². The van der Waals surface area contributed by atoms with Crippen molar-refractivity contribution in [2.45, 2.75) is 19.6 Å². The van der Waals surface area contributed by atoms with Crippen LogP contribution in [0.3, 0.4) is 0 Å². The molecule has 0 bridgehead atoms. The molecule has 15 heavy (non-hydrogen) atoms. The van der Waals surface area contributed by atoms with Crippen LogP contribution < -0.4 is 0 Å². The normalized spacial score (nSPS) is 12.9. The van der Waals surface area contributed by atoms with Gasteiger partial charge in [-0.15, -0.1) is 0 Å². The molecule has 0 N–H and O–H groups in total. The van der Waals surface area contributed by atoms with Gasteiger partial charge < -0.3 is 4.74 Å². The van der Waals surface area contributed by atoms with E-state index in [4.69, 9.17) is 0 Å². The molecule has 82 valence electrons. The number of halogens is 3. The highest BCUT2D eigenvalue weighted by molar-refractivity contribution is 5.24. The summed E-state index contributed by atoms with van der Waals surface area (Å²) >= 11 is 0. The SMILES string of the molecule is C=C(C)C(OC(F)F)c1ccc(F)cc1. The second-order valence-electron chi connectivity index (χ2n) is 3.17. The van der Waals surface area contributed by atoms with Crippen molar-refractivity contribution < 1.29 is 17.9 Å². The first kappa shape index (κ1) is 11.8. The van der Waals surface area contributed by atoms with Gasteiger partial charge in [0.15, 0.2) is 0 Å². The molecule has 1 atom stereocenters. The molecule has 0 heterocycles. The maximum Gasteiger partial charge on any atom is 0.346 e. The average molecular weight is 216 g/mol. The van der Waals surface area contributed by atoms with E-state index in [1.807, 2.05) is 0 Å². The van der Waals surface area contributed by atoms with E-state index in [2.05, 4.69) is 11.3 Å². The Kier molecular flexibility index (Phi) is 3.91. The first-order valence-corrected chi connectivity index (χ1v) is 4.35. The molecule has 1 aromatic carbocycles. The lowest BCUT2D eigenvalue weighted by molar-refractivity contribution is -0.154. The largest absolute Gasteiger partial charge is 0.346 e. The highest BCUT2D eigenvalue weighted by Crippen LogP contribution is 2.26. The second kappa shape index (κ2) is 4.98. The molecule has 0 aliphatic heterocycles. The second-order valence-corrected chi connectivity index (χ2v) is 3.17. The summed E-state index contributed by atoms with van der Waals surface area (Å²) in [5.74, 6) is -0.420. The highest BCUT2D eigenvalue weighted by Gasteiger charge is 2.17. The first-order chi connectivity index (χ1) is 7.00. The topological polar surface area (TPSA) is 9.23 Å². The maximum atomic E-state index is 12.6. The molecular weight excluding hydrogens is 205 g/mol. The van der Waals surface area contributed by atoms with E-state index in [9.17, 15) is 13.2 Å². The van der Waals surface area contributed by atoms with Crippen molar-refractivity contribution in [1.82, 2.24) is 0 Å². The van der Waals surface area contributed by atoms with E-state index >= 15 is 0 Å². The van der Waals surface area contributed by atoms with Crippen LogP contribution in [0.15, 0.2) is 36.4 Å². The minimum absolute atomic E-state index is 0.420. The molecule has 1 rings (SSSR count). The lowest BCUT2D eigenvalue weighted by Crippen LogP contribution is -2.09. The summed E-state index contributed by atoms with van der Waals surface area (Å²) in [4.78, 5) is 0. The minimum Gasteiger partial charge on any atom is -0.310 e. The third-order valence-electron chi connectivity index (χ3n) is 1.86. The van der Waals surface area contributed by atoms with Gasteiger partial charge in [-0.1, -0.05) is 18.7 Å². The molecule has 0 saturated carbocycles. The lowest BCUT2D eigenvalue weighted by atomic mass is 10.0. The summed E-state index contributed by atoms with van der Waals surface area (Å²) in [6.45, 7) is 2.26. The average Bonchev–Trinajstić information content (AvgIpc) is 2.15. The molecule has 0 aromatic heterocycles. The fraction of sp³-hybridized carbons (Fsp3) is 0.273. The Hall–Kier alpha value is -1.29. The van der Waals surface area contributed by atoms with Crippen molar-refractivity contribution in [1.29, 1.82) is 0 Å². The van der Waals surface area contributed by atoms with Gasteiger partial charge in [0.1, 0.15) is 11.9 Å². The van der Waals surface area contributed by atoms with Crippen molar-refractivity contribution in [2.24, 2.45) is 0 Å². The van der Waals surface area contributed by atoms with Crippen LogP contribution in [0.5, 0.6) is 0 Å². The van der Waals surface area contributed by atoms with Crippen molar-refractivity contribution in [3.05, 3.63) is 47.8 Å². The molecule has 4 heteroatoms. The van der Waals surface area contributed by atoms with Crippen molar-refractivity contribution in [3.8, 4) is 0 Å². The first-order valence-electron chi connectivity index (χ1n) is 4.35. The summed E-state index contributed by atoms with van der Waals surface area (Å²) in [5.41, 5.74) is 0.908. The molecule has 0 fully saturated rings. The van der Waals surface area contributed by atoms with E-state index in [-0.39, 0.29) is 0 Å². The summed E-state index contributed by atoms with van der Waals surface area (Å²) in [5, 5.41) is 0. The molecule has 0 saturated heterocycles. The van der Waals surface area contributed by atoms with Gasteiger partial charge >= 0.3 is 6.61 Å². The highest BCUT2D eigenvalue weighted by atomic mass is 19.3. The van der Waals surface area contributed by atoms with Crippen LogP contribution in [0.2, 0.25) is 0 Å². The number of benzene rings is 1. The Balaban J connectivity index is 2.89. The third-order valence-corrected chi connectivity index (χ3v) is 1.86. The Morgan fingerprint density at radius 3 is 2.20 bits per heavy atom. The van der Waals surface area contributed by atoms with Gasteiger partial charge in [0, 0.05) is 0 Å². The number of ether oxygens (including phenoxy) is 1. The van der Waals surface area contributed by atoms with Crippen LogP contribution in [0.25, 0.3) is 0 Å². The summed E-state index contributed by atoms with van der Waals surface area (Å²) in [7, 11) is 0. The van der Waals surface area contributed by atoms with E-state index in [0.717, 1.165) is 0 Å². The zero-order valence-corrected chi connectivity index (χ0v) is 8.21. The van der Waals surface area contributed by atoms with Crippen LogP contribution in [0.1, 0.15) is 18.6 Å². The fourth-order valence-corrected chi connectivity index (χ4v) is 1.22. The van der Waals surface area contributed by atoms with Gasteiger partial charge in [-0.2, -0.15) is 8.78 Å². The van der Waals surface area contributed by atoms with Crippen LogP contribution >= 0.6 is 0 Å². The van der Waals surface area contributed by atoms with Crippen LogP contribution in [-0.2, 0) is 4.74 Å². The number of hydrogen-bond donors (Lipinski definition) is 0. The zero-order chi connectivity index (χ0) is 11.4. The third kappa shape index (κ3) is 3.40. The lowest BCUT2D eigenvalue weighted by Gasteiger charge is -2.17. The molecule has 0 aliphatic carbocycles. The van der Waals surface area contributed by atoms with Gasteiger partial charge in [0.2, 0.25) is 0 Å². The molecule has 0 aliphatic rings. The van der Waals surface area contributed by atoms with Crippen LogP contribution in [0, 0.1) is 5.82 Å². The van der Waals surface area contributed by atoms with Gasteiger partial charge in [-0.05, 0) is 30.2 Å². The Labute approximate surface area is 86.2 Å². The molecule has 1 unspecified atom stereocenters. The molecular formula is C11H11F3O. The van der Waals surface area contributed by atoms with Crippen molar-refractivity contribution in [3.63, 3.8) is 0 Å². The smallest absolute Gasteiger partial charge is 0.310 e. The summed E-state index contributed by atoms with van der Waals surface area (Å²) in [6.07, 6.45) is -0.898. The van der Waals surface area contributed by atoms with Gasteiger partial charge in [0.25, 0.3) is 0 Å². The van der Waals surface area contributed by atoms with Gasteiger partial charge in [-0.25, -0.2) is 4.39 Å². The quantitative estimate of drug-likeness (QED) is 0.697. The van der Waals surface area contributed by atoms with Crippen molar-refractivity contribution >= 4 is 0 Å². The van der Waals surface area contributed by atoms with E-state index in [1.165, 1.54) is 24.3 Å². The van der Waals surface area contributed by atoms with Crippen LogP contribution in [0.4, 0.5) is 13.2 Å². The molecule has 1 nitrogen and oxygen atoms in total. The predicted octanol–water partition coefficient (Wildman–Crippen LogP) is 3.68. The zero-order valence-electron chi connectivity index (χ0n) is 8.21. The van der Waals surface area contributed by atoms with E-state index in [0.29, 0.717) is 11.1 Å². The number of alkyl halides is 2. The molecule has 0 radical (unpaired) electrons. The fourth-order valence-electron chi connectivity index (χ4n) is 1.22. The van der Waals surface area contributed by atoms with Crippen LogP contribution in [-0.4, -0.2) is 6.61 Å². The molecule has 0 spiro atoms. The number of rotatable bonds is 4. The van der Waals surface area contributed by atoms with E-state index < -0.39 is 18.5 Å². The number of hydrogen-bond acceptors (Lipinski definition) is 1. The van der Waals surface area contributed by atoms with E-state index in [1.54, 1.807) is 6.92 Å². The predicted molar refractivity (Wildman–Crippen MR) is 51.0 cm³/mol. The Morgan fingerprint density at radius 1 is 1.27 bits per heavy atom. The molecule has 0 amide bonds. The monoisotopic (exact) mass is 216 g/mol. The standard InChI is InChI=1S/C11H11F3O/c1-7(2)10(15-11(13)14)8-3-5-9(12)6-4-8/h3-6,10-11H,1H2,2H3. The van der Waals surface area contributed by atoms with Crippen molar-refractivity contribution in [2.75, 3.05) is 0 Å². The summed E-state index contributed by atoms with van der Waals surface area (Å²) < 4.78 is 41.1. The maximum absolute atomic E-state index is 12.6.